The second kappa shape index (κ2) is 6.47. The summed E-state index contributed by atoms with van der Waals surface area (Å²) >= 11 is 9.15. The summed E-state index contributed by atoms with van der Waals surface area (Å²) in [5, 5.41) is 4.72. The van der Waals surface area contributed by atoms with Crippen LogP contribution < -0.4 is 0 Å². The van der Waals surface area contributed by atoms with Gasteiger partial charge in [-0.2, -0.15) is 5.10 Å². The molecule has 5 nitrogen and oxygen atoms in total. The van der Waals surface area contributed by atoms with Crippen molar-refractivity contribution in [2.75, 3.05) is 20.6 Å². The van der Waals surface area contributed by atoms with Crippen LogP contribution in [0.3, 0.4) is 0 Å². The summed E-state index contributed by atoms with van der Waals surface area (Å²) in [4.78, 5) is 18.6. The number of halogens is 2. The maximum atomic E-state index is 12.5. The predicted octanol–water partition coefficient (Wildman–Crippen LogP) is 2.49. The van der Waals surface area contributed by atoms with E-state index < -0.39 is 0 Å². The van der Waals surface area contributed by atoms with Gasteiger partial charge in [0.15, 0.2) is 0 Å². The summed E-state index contributed by atoms with van der Waals surface area (Å²) < 4.78 is 2.35. The van der Waals surface area contributed by atoms with Crippen LogP contribution in [0.15, 0.2) is 29.0 Å². The molecule has 2 rings (SSSR count). The van der Waals surface area contributed by atoms with Gasteiger partial charge in [-0.05, 0) is 42.2 Å². The van der Waals surface area contributed by atoms with Crippen LogP contribution in [0.4, 0.5) is 0 Å². The molecule has 0 N–H and O–H groups in total. The molecule has 20 heavy (non-hydrogen) atoms. The Bertz CT molecular complexity index is 609. The van der Waals surface area contributed by atoms with E-state index in [0.717, 1.165) is 6.54 Å². The van der Waals surface area contributed by atoms with Crippen LogP contribution in [0.25, 0.3) is 0 Å². The molecule has 2 aromatic rings. The Kier molecular flexibility index (Phi) is 4.91. The third-order valence-corrected chi connectivity index (χ3v) is 3.53. The fourth-order valence-corrected chi connectivity index (χ4v) is 2.27. The van der Waals surface area contributed by atoms with Crippen molar-refractivity contribution in [1.82, 2.24) is 19.7 Å². The van der Waals surface area contributed by atoms with Crippen LogP contribution in [-0.2, 0) is 6.54 Å². The number of aromatic nitrogens is 3. The molecular weight excluding hydrogens is 344 g/mol. The Hall–Kier alpha value is -1.24. The number of pyridine rings is 1. The molecule has 0 amide bonds. The quantitative estimate of drug-likeness (QED) is 0.772. The van der Waals surface area contributed by atoms with Crippen LogP contribution in [0.1, 0.15) is 16.2 Å². The lowest BCUT2D eigenvalue weighted by Crippen LogP contribution is -2.22. The minimum atomic E-state index is -0.176. The molecule has 0 unspecified atom stereocenters. The lowest BCUT2D eigenvalue weighted by molar-refractivity contribution is 0.102. The third kappa shape index (κ3) is 3.45. The van der Waals surface area contributed by atoms with Gasteiger partial charge in [-0.1, -0.05) is 11.6 Å². The molecule has 0 spiro atoms. The average Bonchev–Trinajstić information content (AvgIpc) is 2.77. The molecule has 0 aliphatic rings. The molecule has 2 aromatic heterocycles. The normalized spacial score (nSPS) is 11.1. The molecule has 2 heterocycles. The smallest absolute Gasteiger partial charge is 0.230 e. The SMILES string of the molecule is CN(C)CCn1ncc(Br)c1C(=O)c1ccc(Cl)cn1. The summed E-state index contributed by atoms with van der Waals surface area (Å²) in [6, 6.07) is 3.26. The first kappa shape index (κ1) is 15.2. The molecule has 0 aliphatic carbocycles. The van der Waals surface area contributed by atoms with Crippen molar-refractivity contribution in [2.24, 2.45) is 0 Å². The Morgan fingerprint density at radius 1 is 1.40 bits per heavy atom. The van der Waals surface area contributed by atoms with E-state index in [0.29, 0.717) is 27.4 Å². The van der Waals surface area contributed by atoms with Gasteiger partial charge in [0, 0.05) is 12.7 Å². The molecule has 0 aromatic carbocycles. The topological polar surface area (TPSA) is 51.0 Å². The number of rotatable bonds is 5. The van der Waals surface area contributed by atoms with Gasteiger partial charge in [0.05, 0.1) is 22.2 Å². The molecule has 7 heteroatoms. The van der Waals surface area contributed by atoms with Gasteiger partial charge in [-0.25, -0.2) is 0 Å². The number of ketones is 1. The van der Waals surface area contributed by atoms with E-state index in [2.05, 4.69) is 26.0 Å². The third-order valence-electron chi connectivity index (χ3n) is 2.73. The standard InChI is InChI=1S/C13H14BrClN4O/c1-18(2)5-6-19-12(10(14)8-17-19)13(20)11-4-3-9(15)7-16-11/h3-4,7-8H,5-6H2,1-2H3. The van der Waals surface area contributed by atoms with Gasteiger partial charge in [0.2, 0.25) is 5.78 Å². The minimum absolute atomic E-state index is 0.176. The van der Waals surface area contributed by atoms with Crippen molar-refractivity contribution in [3.8, 4) is 0 Å². The van der Waals surface area contributed by atoms with Crippen molar-refractivity contribution >= 4 is 33.3 Å². The summed E-state index contributed by atoms with van der Waals surface area (Å²) in [7, 11) is 3.95. The fourth-order valence-electron chi connectivity index (χ4n) is 1.68. The number of hydrogen-bond donors (Lipinski definition) is 0. The zero-order valence-electron chi connectivity index (χ0n) is 11.2. The van der Waals surface area contributed by atoms with E-state index >= 15 is 0 Å². The number of carbonyl (C=O) groups is 1. The summed E-state index contributed by atoms with van der Waals surface area (Å²) in [6.45, 7) is 1.43. The van der Waals surface area contributed by atoms with Gasteiger partial charge < -0.3 is 4.90 Å². The number of hydrogen-bond acceptors (Lipinski definition) is 4. The van der Waals surface area contributed by atoms with Gasteiger partial charge >= 0.3 is 0 Å². The highest BCUT2D eigenvalue weighted by Gasteiger charge is 2.19. The molecule has 0 aliphatic heterocycles. The van der Waals surface area contributed by atoms with Crippen molar-refractivity contribution in [3.63, 3.8) is 0 Å². The van der Waals surface area contributed by atoms with E-state index in [9.17, 15) is 4.79 Å². The van der Waals surface area contributed by atoms with E-state index in [-0.39, 0.29) is 5.78 Å². The van der Waals surface area contributed by atoms with Gasteiger partial charge in [-0.15, -0.1) is 0 Å². The molecule has 0 saturated carbocycles. The summed E-state index contributed by atoms with van der Waals surface area (Å²) in [5.41, 5.74) is 0.850. The Labute approximate surface area is 130 Å². The van der Waals surface area contributed by atoms with Crippen molar-refractivity contribution in [1.29, 1.82) is 0 Å². The summed E-state index contributed by atoms with van der Waals surface area (Å²) in [5.74, 6) is -0.176. The number of likely N-dealkylation sites (N-methyl/N-ethyl adjacent to an activating group) is 1. The first-order valence-corrected chi connectivity index (χ1v) is 7.18. The van der Waals surface area contributed by atoms with Crippen LogP contribution >= 0.6 is 27.5 Å². The first-order valence-electron chi connectivity index (χ1n) is 6.01. The van der Waals surface area contributed by atoms with Crippen LogP contribution in [0.5, 0.6) is 0 Å². The Morgan fingerprint density at radius 3 is 2.75 bits per heavy atom. The molecule has 0 radical (unpaired) electrons. The van der Waals surface area contributed by atoms with Crippen molar-refractivity contribution < 1.29 is 4.79 Å². The van der Waals surface area contributed by atoms with E-state index in [1.165, 1.54) is 6.20 Å². The van der Waals surface area contributed by atoms with Gasteiger partial charge in [0.1, 0.15) is 11.4 Å². The number of carbonyl (C=O) groups excluding carboxylic acids is 1. The first-order chi connectivity index (χ1) is 9.49. The monoisotopic (exact) mass is 356 g/mol. The highest BCUT2D eigenvalue weighted by atomic mass is 79.9. The highest BCUT2D eigenvalue weighted by Crippen LogP contribution is 2.19. The summed E-state index contributed by atoms with van der Waals surface area (Å²) in [6.07, 6.45) is 3.09. The van der Waals surface area contributed by atoms with Crippen LogP contribution in [0, 0.1) is 0 Å². The molecule has 106 valence electrons. The zero-order valence-corrected chi connectivity index (χ0v) is 13.5. The largest absolute Gasteiger partial charge is 0.308 e. The van der Waals surface area contributed by atoms with E-state index in [1.807, 2.05) is 19.0 Å². The van der Waals surface area contributed by atoms with Crippen LogP contribution in [0.2, 0.25) is 5.02 Å². The average molecular weight is 358 g/mol. The van der Waals surface area contributed by atoms with Crippen molar-refractivity contribution in [2.45, 2.75) is 6.54 Å². The molecule has 0 bridgehead atoms. The maximum Gasteiger partial charge on any atom is 0.230 e. The lowest BCUT2D eigenvalue weighted by Gasteiger charge is -2.11. The lowest BCUT2D eigenvalue weighted by atomic mass is 10.2. The van der Waals surface area contributed by atoms with Gasteiger partial charge in [0.25, 0.3) is 0 Å². The van der Waals surface area contributed by atoms with Gasteiger partial charge in [-0.3, -0.25) is 14.5 Å². The van der Waals surface area contributed by atoms with Crippen molar-refractivity contribution in [3.05, 3.63) is 45.4 Å². The minimum Gasteiger partial charge on any atom is -0.308 e. The second-order valence-electron chi connectivity index (χ2n) is 4.56. The molecule has 0 fully saturated rings. The predicted molar refractivity (Wildman–Crippen MR) is 81.2 cm³/mol. The number of nitrogens with zero attached hydrogens (tertiary/aromatic N) is 4. The zero-order chi connectivity index (χ0) is 14.7. The second-order valence-corrected chi connectivity index (χ2v) is 5.85. The maximum absolute atomic E-state index is 12.5. The molecular formula is C13H14BrClN4O. The molecule has 0 atom stereocenters. The fraction of sp³-hybridized carbons (Fsp3) is 0.308. The van der Waals surface area contributed by atoms with E-state index in [1.54, 1.807) is 23.0 Å². The molecule has 0 saturated heterocycles. The van der Waals surface area contributed by atoms with E-state index in [4.69, 9.17) is 11.6 Å². The highest BCUT2D eigenvalue weighted by molar-refractivity contribution is 9.10. The Morgan fingerprint density at radius 2 is 2.15 bits per heavy atom. The Balaban J connectivity index is 2.29. The van der Waals surface area contributed by atoms with Crippen LogP contribution in [-0.4, -0.2) is 46.1 Å².